The number of aromatic nitrogens is 1. The average molecular weight is 287 g/mol. The first-order chi connectivity index (χ1) is 7.18. The van der Waals surface area contributed by atoms with Crippen LogP contribution in [0.25, 0.3) is 0 Å². The number of carbonyl (C=O) groups excluding carboxylic acids is 1. The molecule has 0 N–H and O–H groups in total. The lowest BCUT2D eigenvalue weighted by Gasteiger charge is -2.10. The standard InChI is InChI=1S/C9H7BrN2O2S/c1-12(9-11-4-5-15-9)8(13)6-2-3-7(10)14-6/h2-5H,1H3. The first-order valence-corrected chi connectivity index (χ1v) is 5.78. The Kier molecular flexibility index (Phi) is 2.88. The SMILES string of the molecule is CN(C(=O)c1ccc(Br)o1)c1nccs1. The van der Waals surface area contributed by atoms with Crippen molar-refractivity contribution in [2.24, 2.45) is 0 Å². The summed E-state index contributed by atoms with van der Waals surface area (Å²) in [6, 6.07) is 3.31. The van der Waals surface area contributed by atoms with Gasteiger partial charge in [-0.05, 0) is 28.1 Å². The molecule has 78 valence electrons. The van der Waals surface area contributed by atoms with E-state index in [1.165, 1.54) is 16.2 Å². The van der Waals surface area contributed by atoms with Crippen molar-refractivity contribution < 1.29 is 9.21 Å². The lowest BCUT2D eigenvalue weighted by molar-refractivity contribution is 0.0965. The van der Waals surface area contributed by atoms with Crippen molar-refractivity contribution in [2.45, 2.75) is 0 Å². The van der Waals surface area contributed by atoms with Crippen LogP contribution < -0.4 is 4.90 Å². The zero-order valence-corrected chi connectivity index (χ0v) is 10.2. The van der Waals surface area contributed by atoms with Crippen molar-refractivity contribution in [2.75, 3.05) is 11.9 Å². The number of thiazole rings is 1. The summed E-state index contributed by atoms with van der Waals surface area (Å²) in [5.41, 5.74) is 0. The molecular weight excluding hydrogens is 280 g/mol. The molecule has 2 heterocycles. The highest BCUT2D eigenvalue weighted by atomic mass is 79.9. The molecule has 0 aliphatic carbocycles. The number of amides is 1. The van der Waals surface area contributed by atoms with Gasteiger partial charge in [-0.2, -0.15) is 0 Å². The van der Waals surface area contributed by atoms with Gasteiger partial charge in [0.15, 0.2) is 15.6 Å². The van der Waals surface area contributed by atoms with E-state index >= 15 is 0 Å². The van der Waals surface area contributed by atoms with Crippen molar-refractivity contribution in [1.29, 1.82) is 0 Å². The van der Waals surface area contributed by atoms with Crippen molar-refractivity contribution in [1.82, 2.24) is 4.98 Å². The fraction of sp³-hybridized carbons (Fsp3) is 0.111. The van der Waals surface area contributed by atoms with E-state index in [2.05, 4.69) is 20.9 Å². The summed E-state index contributed by atoms with van der Waals surface area (Å²) in [6.45, 7) is 0. The molecule has 1 amide bonds. The smallest absolute Gasteiger partial charge is 0.295 e. The van der Waals surface area contributed by atoms with Crippen LogP contribution in [0.15, 0.2) is 32.8 Å². The molecule has 0 unspecified atom stereocenters. The van der Waals surface area contributed by atoms with Crippen LogP contribution in [-0.4, -0.2) is 17.9 Å². The average Bonchev–Trinajstić information content (AvgIpc) is 2.85. The summed E-state index contributed by atoms with van der Waals surface area (Å²) >= 11 is 4.55. The molecule has 15 heavy (non-hydrogen) atoms. The second kappa shape index (κ2) is 4.16. The fourth-order valence-electron chi connectivity index (χ4n) is 1.06. The predicted octanol–water partition coefficient (Wildman–Crippen LogP) is 2.78. The van der Waals surface area contributed by atoms with E-state index in [0.717, 1.165) is 0 Å². The van der Waals surface area contributed by atoms with Gasteiger partial charge < -0.3 is 4.42 Å². The molecule has 0 radical (unpaired) electrons. The van der Waals surface area contributed by atoms with Crippen LogP contribution in [0.3, 0.4) is 0 Å². The minimum absolute atomic E-state index is 0.212. The zero-order chi connectivity index (χ0) is 10.8. The minimum atomic E-state index is -0.212. The minimum Gasteiger partial charge on any atom is -0.444 e. The molecule has 0 spiro atoms. The first-order valence-electron chi connectivity index (χ1n) is 4.11. The molecule has 6 heteroatoms. The lowest BCUT2D eigenvalue weighted by Crippen LogP contribution is -2.25. The van der Waals surface area contributed by atoms with E-state index in [9.17, 15) is 4.79 Å². The molecule has 0 aliphatic heterocycles. The van der Waals surface area contributed by atoms with Crippen LogP contribution in [0.1, 0.15) is 10.6 Å². The number of furan rings is 1. The summed E-state index contributed by atoms with van der Waals surface area (Å²) in [5, 5.41) is 2.46. The predicted molar refractivity (Wildman–Crippen MR) is 61.3 cm³/mol. The highest BCUT2D eigenvalue weighted by molar-refractivity contribution is 9.10. The molecule has 2 aromatic heterocycles. The van der Waals surface area contributed by atoms with Gasteiger partial charge in [0, 0.05) is 18.6 Å². The Bertz CT molecular complexity index is 466. The second-order valence-electron chi connectivity index (χ2n) is 2.78. The molecule has 0 saturated carbocycles. The Morgan fingerprint density at radius 2 is 2.40 bits per heavy atom. The van der Waals surface area contributed by atoms with Crippen LogP contribution in [0.4, 0.5) is 5.13 Å². The van der Waals surface area contributed by atoms with Crippen LogP contribution in [-0.2, 0) is 0 Å². The van der Waals surface area contributed by atoms with Crippen LogP contribution >= 0.6 is 27.3 Å². The Morgan fingerprint density at radius 1 is 1.60 bits per heavy atom. The molecule has 0 aromatic carbocycles. The lowest BCUT2D eigenvalue weighted by atomic mass is 10.4. The summed E-state index contributed by atoms with van der Waals surface area (Å²) in [6.07, 6.45) is 1.65. The Labute approximate surface area is 98.7 Å². The molecule has 2 aromatic rings. The molecular formula is C9H7BrN2O2S. The molecule has 0 bridgehead atoms. The van der Waals surface area contributed by atoms with Crippen molar-refractivity contribution in [3.05, 3.63) is 34.1 Å². The Morgan fingerprint density at radius 3 is 2.93 bits per heavy atom. The van der Waals surface area contributed by atoms with E-state index in [4.69, 9.17) is 4.42 Å². The summed E-state index contributed by atoms with van der Waals surface area (Å²) in [4.78, 5) is 17.3. The van der Waals surface area contributed by atoms with Gasteiger partial charge >= 0.3 is 0 Å². The number of hydrogen-bond acceptors (Lipinski definition) is 4. The van der Waals surface area contributed by atoms with Crippen LogP contribution in [0.5, 0.6) is 0 Å². The number of rotatable bonds is 2. The van der Waals surface area contributed by atoms with Gasteiger partial charge in [-0.15, -0.1) is 11.3 Å². The molecule has 0 aliphatic rings. The van der Waals surface area contributed by atoms with Gasteiger partial charge in [-0.1, -0.05) is 0 Å². The Balaban J connectivity index is 2.22. The van der Waals surface area contributed by atoms with Crippen molar-refractivity contribution in [3.63, 3.8) is 0 Å². The molecule has 0 fully saturated rings. The van der Waals surface area contributed by atoms with E-state index in [1.54, 1.807) is 25.4 Å². The van der Waals surface area contributed by atoms with Crippen LogP contribution in [0.2, 0.25) is 0 Å². The maximum atomic E-state index is 11.8. The summed E-state index contributed by atoms with van der Waals surface area (Å²) in [5.74, 6) is 0.0789. The molecule has 0 atom stereocenters. The maximum Gasteiger partial charge on any atom is 0.295 e. The van der Waals surface area contributed by atoms with Gasteiger partial charge in [0.1, 0.15) is 0 Å². The highest BCUT2D eigenvalue weighted by Crippen LogP contribution is 2.20. The van der Waals surface area contributed by atoms with Gasteiger partial charge in [0.2, 0.25) is 0 Å². The van der Waals surface area contributed by atoms with Gasteiger partial charge in [0.05, 0.1) is 0 Å². The zero-order valence-electron chi connectivity index (χ0n) is 7.81. The number of carbonyl (C=O) groups is 1. The molecule has 0 saturated heterocycles. The molecule has 4 nitrogen and oxygen atoms in total. The van der Waals surface area contributed by atoms with Gasteiger partial charge in [0.25, 0.3) is 5.91 Å². The van der Waals surface area contributed by atoms with E-state index in [-0.39, 0.29) is 5.91 Å². The van der Waals surface area contributed by atoms with Crippen LogP contribution in [0, 0.1) is 0 Å². The third-order valence-electron chi connectivity index (χ3n) is 1.79. The highest BCUT2D eigenvalue weighted by Gasteiger charge is 2.18. The van der Waals surface area contributed by atoms with E-state index < -0.39 is 0 Å². The number of anilines is 1. The third-order valence-corrected chi connectivity index (χ3v) is 3.07. The largest absolute Gasteiger partial charge is 0.444 e. The first kappa shape index (κ1) is 10.4. The van der Waals surface area contributed by atoms with Gasteiger partial charge in [-0.25, -0.2) is 4.98 Å². The Hall–Kier alpha value is -1.14. The van der Waals surface area contributed by atoms with E-state index in [0.29, 0.717) is 15.6 Å². The number of hydrogen-bond donors (Lipinski definition) is 0. The number of halogens is 1. The van der Waals surface area contributed by atoms with Gasteiger partial charge in [-0.3, -0.25) is 9.69 Å². The van der Waals surface area contributed by atoms with E-state index in [1.807, 2.05) is 5.38 Å². The van der Waals surface area contributed by atoms with Crippen molar-refractivity contribution >= 4 is 38.3 Å². The maximum absolute atomic E-state index is 11.8. The fourth-order valence-corrected chi connectivity index (χ4v) is 1.98. The second-order valence-corrected chi connectivity index (χ2v) is 4.44. The summed E-state index contributed by atoms with van der Waals surface area (Å²) in [7, 11) is 1.66. The normalized spacial score (nSPS) is 10.3. The number of nitrogens with zero attached hydrogens (tertiary/aromatic N) is 2. The quantitative estimate of drug-likeness (QED) is 0.853. The van der Waals surface area contributed by atoms with Crippen molar-refractivity contribution in [3.8, 4) is 0 Å². The molecule has 2 rings (SSSR count). The topological polar surface area (TPSA) is 46.3 Å². The summed E-state index contributed by atoms with van der Waals surface area (Å²) < 4.78 is 5.71. The monoisotopic (exact) mass is 286 g/mol. The third kappa shape index (κ3) is 2.10.